The number of anilines is 4. The molecular formula is C71H79N4OPtSi-3. The van der Waals surface area contributed by atoms with Crippen molar-refractivity contribution in [3.05, 3.63) is 192 Å². The molecule has 9 aromatic rings. The predicted octanol–water partition coefficient (Wildman–Crippen LogP) is 19.3. The second-order valence-electron chi connectivity index (χ2n) is 27.7. The van der Waals surface area contributed by atoms with Crippen LogP contribution in [0.1, 0.15) is 132 Å². The Labute approximate surface area is 482 Å². The number of rotatable bonds is 8. The normalized spacial score (nSPS) is 13.6. The Bertz CT molecular complexity index is 3670. The van der Waals surface area contributed by atoms with Gasteiger partial charge in [-0.3, -0.25) is 0 Å². The fourth-order valence-corrected chi connectivity index (χ4v) is 11.6. The minimum absolute atomic E-state index is 0. The number of para-hydroxylation sites is 1. The van der Waals surface area contributed by atoms with E-state index in [4.69, 9.17) is 9.72 Å². The monoisotopic (exact) mass is 1230 g/mol. The summed E-state index contributed by atoms with van der Waals surface area (Å²) in [4.78, 5) is 9.70. The zero-order chi connectivity index (χ0) is 55.4. The van der Waals surface area contributed by atoms with Crippen LogP contribution in [0.2, 0.25) is 19.6 Å². The summed E-state index contributed by atoms with van der Waals surface area (Å²) < 4.78 is 9.14. The van der Waals surface area contributed by atoms with Gasteiger partial charge in [-0.15, -0.1) is 48.1 Å². The first-order chi connectivity index (χ1) is 35.9. The first kappa shape index (κ1) is 56.5. The third-order valence-electron chi connectivity index (χ3n) is 15.4. The van der Waals surface area contributed by atoms with E-state index in [1.807, 2.05) is 18.3 Å². The minimum Gasteiger partial charge on any atom is -0.509 e. The molecule has 1 aliphatic heterocycles. The Balaban J connectivity index is 0.00000740. The second kappa shape index (κ2) is 20.2. The van der Waals surface area contributed by atoms with Crippen molar-refractivity contribution >= 4 is 57.8 Å². The van der Waals surface area contributed by atoms with E-state index in [1.54, 1.807) is 0 Å². The van der Waals surface area contributed by atoms with Gasteiger partial charge >= 0.3 is 0 Å². The van der Waals surface area contributed by atoms with E-state index in [2.05, 4.69) is 284 Å². The molecule has 0 N–H and O–H groups in total. The zero-order valence-corrected chi connectivity index (χ0v) is 52.7. The van der Waals surface area contributed by atoms with Crippen molar-refractivity contribution in [2.24, 2.45) is 0 Å². The Morgan fingerprint density at radius 3 is 1.69 bits per heavy atom. The van der Waals surface area contributed by atoms with Crippen LogP contribution in [0.4, 0.5) is 22.7 Å². The number of hydrogen-bond donors (Lipinski definition) is 0. The molecule has 0 saturated carbocycles. The molecule has 0 unspecified atom stereocenters. The minimum atomic E-state index is -1.61. The molecule has 0 saturated heterocycles. The van der Waals surface area contributed by atoms with Gasteiger partial charge in [0.05, 0.1) is 8.07 Å². The summed E-state index contributed by atoms with van der Waals surface area (Å²) in [7, 11) is -1.61. The molecule has 0 fully saturated rings. The Morgan fingerprint density at radius 2 is 1.08 bits per heavy atom. The molecule has 0 atom stereocenters. The fraction of sp³-hybridized carbons (Fsp3) is 0.324. The molecule has 1 aliphatic rings. The van der Waals surface area contributed by atoms with E-state index < -0.39 is 8.07 Å². The Hall–Kier alpha value is -6.20. The van der Waals surface area contributed by atoms with Gasteiger partial charge in [0.15, 0.2) is 0 Å². The molecule has 5 nitrogen and oxygen atoms in total. The van der Waals surface area contributed by atoms with Crippen molar-refractivity contribution in [2.45, 2.75) is 151 Å². The summed E-state index contributed by atoms with van der Waals surface area (Å²) in [6.45, 7) is 43.9. The van der Waals surface area contributed by atoms with Crippen LogP contribution in [0, 0.1) is 18.8 Å². The molecule has 3 heterocycles. The van der Waals surface area contributed by atoms with Crippen molar-refractivity contribution in [3.8, 4) is 39.6 Å². The van der Waals surface area contributed by atoms with Gasteiger partial charge in [-0.05, 0) is 113 Å². The zero-order valence-electron chi connectivity index (χ0n) is 49.4. The third-order valence-corrected chi connectivity index (χ3v) is 17.5. The van der Waals surface area contributed by atoms with Crippen molar-refractivity contribution < 1.29 is 25.8 Å². The summed E-state index contributed by atoms with van der Waals surface area (Å²) in [5.74, 6) is 2.04. The Morgan fingerprint density at radius 1 is 0.487 bits per heavy atom. The number of pyridine rings is 1. The molecular weight excluding hydrogens is 1150 g/mol. The first-order valence-electron chi connectivity index (χ1n) is 27.6. The quantitative estimate of drug-likeness (QED) is 0.112. The van der Waals surface area contributed by atoms with Gasteiger partial charge in [0.25, 0.3) is 0 Å². The maximum Gasteiger partial charge on any atom is 0.135 e. The van der Waals surface area contributed by atoms with Crippen molar-refractivity contribution in [3.63, 3.8) is 0 Å². The van der Waals surface area contributed by atoms with Crippen LogP contribution in [0.25, 0.3) is 49.9 Å². The van der Waals surface area contributed by atoms with Crippen LogP contribution in [-0.4, -0.2) is 17.6 Å². The van der Waals surface area contributed by atoms with E-state index in [9.17, 15) is 0 Å². The molecule has 10 rings (SSSR count). The molecule has 0 radical (unpaired) electrons. The third kappa shape index (κ3) is 11.2. The molecule has 2 aromatic heterocycles. The molecule has 0 amide bonds. The number of hydrogen-bond acceptors (Lipinski definition) is 4. The van der Waals surface area contributed by atoms with Crippen molar-refractivity contribution in [2.75, 3.05) is 9.80 Å². The largest absolute Gasteiger partial charge is 0.509 e. The summed E-state index contributed by atoms with van der Waals surface area (Å²) in [6.07, 6.45) is 1.93. The summed E-state index contributed by atoms with van der Waals surface area (Å²) in [6, 6.07) is 59.4. The molecule has 7 heteroatoms. The van der Waals surface area contributed by atoms with Gasteiger partial charge in [0, 0.05) is 66.9 Å². The van der Waals surface area contributed by atoms with E-state index in [0.29, 0.717) is 11.5 Å². The molecule has 7 aromatic carbocycles. The van der Waals surface area contributed by atoms with Crippen molar-refractivity contribution in [1.82, 2.24) is 9.55 Å². The summed E-state index contributed by atoms with van der Waals surface area (Å²) in [5.41, 5.74) is 17.3. The average molecular weight is 1230 g/mol. The summed E-state index contributed by atoms with van der Waals surface area (Å²) >= 11 is 0. The van der Waals surface area contributed by atoms with E-state index in [1.165, 1.54) is 55.3 Å². The van der Waals surface area contributed by atoms with E-state index in [0.717, 1.165) is 50.4 Å². The fourth-order valence-electron chi connectivity index (χ4n) is 10.4. The van der Waals surface area contributed by atoms with Crippen molar-refractivity contribution in [1.29, 1.82) is 0 Å². The number of ether oxygens (including phenoxy) is 1. The average Bonchev–Trinajstić information content (AvgIpc) is 4.04. The molecule has 0 spiro atoms. The van der Waals surface area contributed by atoms with Crippen LogP contribution in [0.3, 0.4) is 0 Å². The van der Waals surface area contributed by atoms with Crippen LogP contribution in [-0.2, 0) is 48.1 Å². The predicted molar refractivity (Wildman–Crippen MR) is 332 cm³/mol. The van der Waals surface area contributed by atoms with Crippen LogP contribution in [0.5, 0.6) is 11.5 Å². The van der Waals surface area contributed by atoms with E-state index in [-0.39, 0.29) is 48.1 Å². The van der Waals surface area contributed by atoms with Crippen LogP contribution in [0.15, 0.2) is 146 Å². The SMILES string of the molecule is CC(C)(C)c1cc(-c2ccc3c(c2)c2ccc(Oc4[c-]c(N5[CH-]N(c6cc(C(C)(C)C)cc(C(C)(C)C)c6)c6c(-c7cccc([Si](C)(C)C)c7)cccc65)ccc4)[c-]c2n3-c2cc(C(C)(C)C)ccn2)cc(C(C)(C)C)c1.[Pt]. The number of nitrogens with zero attached hydrogens (tertiary/aromatic N) is 4. The van der Waals surface area contributed by atoms with Crippen LogP contribution >= 0.6 is 0 Å². The van der Waals surface area contributed by atoms with Gasteiger partial charge in [-0.2, -0.15) is 12.1 Å². The first-order valence-corrected chi connectivity index (χ1v) is 31.1. The molecule has 0 aliphatic carbocycles. The number of benzene rings is 7. The standard InChI is InChI=1S/C71H79N4OSi.Pt/c1-67(2,3)49-32-33-72-65(42-49)75-62-31-28-46(48-34-50(68(4,5)6)38-51(35-48)69(7,8)9)37-61(62)60-30-29-57(44-64(60)75)76-56-24-20-23-54(43-56)73-45-74(55-40-52(70(10,11)12)39-53(41-55)71(13,14)15)66-59(26-21-27-63(66)73)47-22-19-25-58(36-47)77(16,17)18;/h19-42,45H,1-18H3;/q-3;. The smallest absolute Gasteiger partial charge is 0.135 e. The molecule has 78 heavy (non-hydrogen) atoms. The van der Waals surface area contributed by atoms with E-state index >= 15 is 0 Å². The topological polar surface area (TPSA) is 33.5 Å². The van der Waals surface area contributed by atoms with Gasteiger partial charge in [0.2, 0.25) is 0 Å². The second-order valence-corrected chi connectivity index (χ2v) is 32.8. The number of aromatic nitrogens is 2. The maximum atomic E-state index is 6.88. The van der Waals surface area contributed by atoms with Gasteiger partial charge < -0.3 is 19.1 Å². The number of fused-ring (bicyclic) bond motifs is 4. The molecule has 406 valence electrons. The van der Waals surface area contributed by atoms with Gasteiger partial charge in [-0.1, -0.05) is 207 Å². The van der Waals surface area contributed by atoms with Crippen LogP contribution < -0.4 is 19.7 Å². The Kier molecular flexibility index (Phi) is 14.6. The van der Waals surface area contributed by atoms with Gasteiger partial charge in [-0.25, -0.2) is 4.98 Å². The maximum absolute atomic E-state index is 6.88. The molecule has 0 bridgehead atoms. The summed E-state index contributed by atoms with van der Waals surface area (Å²) in [5, 5.41) is 3.65. The van der Waals surface area contributed by atoms with Gasteiger partial charge in [0.1, 0.15) is 5.82 Å².